The van der Waals surface area contributed by atoms with Gasteiger partial charge in [0.2, 0.25) is 0 Å². The minimum Gasteiger partial charge on any atom is -0.493 e. The third kappa shape index (κ3) is 6.66. The number of rotatable bonds is 8. The number of carbonyl (C=O) groups is 2. The Labute approximate surface area is 200 Å². The fourth-order valence-electron chi connectivity index (χ4n) is 3.03. The SMILES string of the molecule is CCc1ccccc1NC(=O)C(=O)N/N=C\c1cccc(OC)c1OCc1ccc(Br)cc1. The van der Waals surface area contributed by atoms with E-state index in [9.17, 15) is 9.59 Å². The maximum Gasteiger partial charge on any atom is 0.329 e. The Hall–Kier alpha value is -3.65. The molecule has 0 aliphatic heterocycles. The molecule has 0 radical (unpaired) electrons. The van der Waals surface area contributed by atoms with Gasteiger partial charge in [0.25, 0.3) is 0 Å². The summed E-state index contributed by atoms with van der Waals surface area (Å²) in [7, 11) is 1.54. The first-order valence-corrected chi connectivity index (χ1v) is 11.1. The van der Waals surface area contributed by atoms with Crippen LogP contribution in [0.4, 0.5) is 5.69 Å². The number of amides is 2. The molecule has 0 aromatic heterocycles. The van der Waals surface area contributed by atoms with Crippen molar-refractivity contribution in [2.24, 2.45) is 5.10 Å². The van der Waals surface area contributed by atoms with Crippen LogP contribution >= 0.6 is 15.9 Å². The van der Waals surface area contributed by atoms with E-state index in [4.69, 9.17) is 9.47 Å². The highest BCUT2D eigenvalue weighted by atomic mass is 79.9. The molecule has 3 aromatic rings. The number of hydrogen-bond donors (Lipinski definition) is 2. The van der Waals surface area contributed by atoms with Gasteiger partial charge in [0, 0.05) is 15.7 Å². The third-order valence-corrected chi connectivity index (χ3v) is 5.28. The van der Waals surface area contributed by atoms with Crippen molar-refractivity contribution in [3.05, 3.63) is 87.9 Å². The Morgan fingerprint density at radius 1 is 1.00 bits per heavy atom. The van der Waals surface area contributed by atoms with E-state index in [1.165, 1.54) is 6.21 Å². The molecule has 0 spiro atoms. The predicted molar refractivity (Wildman–Crippen MR) is 132 cm³/mol. The Kier molecular flexibility index (Phi) is 8.60. The summed E-state index contributed by atoms with van der Waals surface area (Å²) in [4.78, 5) is 24.4. The zero-order valence-corrected chi connectivity index (χ0v) is 19.9. The van der Waals surface area contributed by atoms with Gasteiger partial charge in [0.1, 0.15) is 6.61 Å². The number of ether oxygens (including phenoxy) is 2. The summed E-state index contributed by atoms with van der Waals surface area (Å²) in [6, 6.07) is 20.4. The van der Waals surface area contributed by atoms with Crippen LogP contribution < -0.4 is 20.2 Å². The number of nitrogens with one attached hydrogen (secondary N) is 2. The van der Waals surface area contributed by atoms with Gasteiger partial charge < -0.3 is 14.8 Å². The van der Waals surface area contributed by atoms with Gasteiger partial charge in [-0.3, -0.25) is 9.59 Å². The van der Waals surface area contributed by atoms with E-state index >= 15 is 0 Å². The molecule has 0 saturated carbocycles. The molecule has 3 aromatic carbocycles. The molecule has 2 N–H and O–H groups in total. The average molecular weight is 510 g/mol. The zero-order chi connectivity index (χ0) is 23.6. The van der Waals surface area contributed by atoms with Crippen LogP contribution in [0, 0.1) is 0 Å². The van der Waals surface area contributed by atoms with Gasteiger partial charge >= 0.3 is 11.8 Å². The van der Waals surface area contributed by atoms with E-state index in [0.29, 0.717) is 29.4 Å². The second-order valence-corrected chi connectivity index (χ2v) is 7.87. The highest BCUT2D eigenvalue weighted by molar-refractivity contribution is 9.10. The van der Waals surface area contributed by atoms with Gasteiger partial charge in [-0.15, -0.1) is 0 Å². The van der Waals surface area contributed by atoms with E-state index in [0.717, 1.165) is 22.0 Å². The van der Waals surface area contributed by atoms with Crippen LogP contribution in [-0.2, 0) is 22.6 Å². The summed E-state index contributed by atoms with van der Waals surface area (Å²) < 4.78 is 12.4. The van der Waals surface area contributed by atoms with Crippen LogP contribution in [0.1, 0.15) is 23.6 Å². The molecule has 3 rings (SSSR count). The van der Waals surface area contributed by atoms with Crippen molar-refractivity contribution in [1.82, 2.24) is 5.43 Å². The largest absolute Gasteiger partial charge is 0.493 e. The number of aryl methyl sites for hydroxylation is 1. The monoisotopic (exact) mass is 509 g/mol. The topological polar surface area (TPSA) is 89.0 Å². The molecule has 0 unspecified atom stereocenters. The van der Waals surface area contributed by atoms with E-state index in [2.05, 4.69) is 31.8 Å². The van der Waals surface area contributed by atoms with E-state index in [1.807, 2.05) is 43.3 Å². The van der Waals surface area contributed by atoms with Crippen molar-refractivity contribution < 1.29 is 19.1 Å². The Balaban J connectivity index is 1.66. The number of carbonyl (C=O) groups excluding carboxylic acids is 2. The molecule has 33 heavy (non-hydrogen) atoms. The summed E-state index contributed by atoms with van der Waals surface area (Å²) in [5, 5.41) is 6.53. The van der Waals surface area contributed by atoms with Gasteiger partial charge in [-0.1, -0.05) is 59.3 Å². The number of halogens is 1. The minimum atomic E-state index is -0.877. The normalized spacial score (nSPS) is 10.6. The van der Waals surface area contributed by atoms with Gasteiger partial charge in [-0.2, -0.15) is 5.10 Å². The van der Waals surface area contributed by atoms with Gasteiger partial charge in [-0.25, -0.2) is 5.43 Å². The average Bonchev–Trinajstić information content (AvgIpc) is 2.84. The maximum absolute atomic E-state index is 12.2. The summed E-state index contributed by atoms with van der Waals surface area (Å²) in [6.45, 7) is 2.29. The Bertz CT molecular complexity index is 1150. The minimum absolute atomic E-state index is 0.320. The molecule has 2 amide bonds. The van der Waals surface area contributed by atoms with Crippen LogP contribution in [0.3, 0.4) is 0 Å². The molecule has 0 fully saturated rings. The van der Waals surface area contributed by atoms with Crippen LogP contribution in [0.15, 0.2) is 76.3 Å². The van der Waals surface area contributed by atoms with E-state index in [1.54, 1.807) is 37.4 Å². The standard InChI is InChI=1S/C25H24BrN3O4/c1-3-18-7-4-5-9-21(18)28-24(30)25(31)29-27-15-19-8-6-10-22(32-2)23(19)33-16-17-11-13-20(26)14-12-17/h4-15H,3,16H2,1-2H3,(H,28,30)(H,29,31)/b27-15-. The highest BCUT2D eigenvalue weighted by Crippen LogP contribution is 2.31. The molecular weight excluding hydrogens is 486 g/mol. The van der Waals surface area contributed by atoms with Crippen molar-refractivity contribution in [2.75, 3.05) is 12.4 Å². The number of hydrogen-bond acceptors (Lipinski definition) is 5. The predicted octanol–water partition coefficient (Wildman–Crippen LogP) is 4.69. The Morgan fingerprint density at radius 3 is 2.48 bits per heavy atom. The van der Waals surface area contributed by atoms with Gasteiger partial charge in [0.15, 0.2) is 11.5 Å². The van der Waals surface area contributed by atoms with Crippen LogP contribution in [-0.4, -0.2) is 25.1 Å². The number of hydrazone groups is 1. The quantitative estimate of drug-likeness (QED) is 0.262. The van der Waals surface area contributed by atoms with Crippen molar-refractivity contribution >= 4 is 39.6 Å². The highest BCUT2D eigenvalue weighted by Gasteiger charge is 2.15. The second kappa shape index (κ2) is 11.8. The second-order valence-electron chi connectivity index (χ2n) is 6.96. The molecule has 0 saturated heterocycles. The lowest BCUT2D eigenvalue weighted by Gasteiger charge is -2.13. The van der Waals surface area contributed by atoms with E-state index < -0.39 is 11.8 Å². The summed E-state index contributed by atoms with van der Waals surface area (Å²) >= 11 is 3.41. The molecule has 0 aliphatic carbocycles. The van der Waals surface area contributed by atoms with Crippen molar-refractivity contribution in [2.45, 2.75) is 20.0 Å². The van der Waals surface area contributed by atoms with Crippen molar-refractivity contribution in [3.8, 4) is 11.5 Å². The first-order valence-electron chi connectivity index (χ1n) is 10.3. The molecule has 0 heterocycles. The van der Waals surface area contributed by atoms with Gasteiger partial charge in [0.05, 0.1) is 13.3 Å². The first-order chi connectivity index (χ1) is 16.0. The van der Waals surface area contributed by atoms with Crippen LogP contribution in [0.25, 0.3) is 0 Å². The smallest absolute Gasteiger partial charge is 0.329 e. The number of benzene rings is 3. The van der Waals surface area contributed by atoms with E-state index in [-0.39, 0.29) is 0 Å². The van der Waals surface area contributed by atoms with Crippen molar-refractivity contribution in [1.29, 1.82) is 0 Å². The lowest BCUT2D eigenvalue weighted by molar-refractivity contribution is -0.136. The summed E-state index contributed by atoms with van der Waals surface area (Å²) in [5.74, 6) is -0.679. The molecule has 0 aliphatic rings. The Morgan fingerprint density at radius 2 is 1.76 bits per heavy atom. The number of methoxy groups -OCH3 is 1. The zero-order valence-electron chi connectivity index (χ0n) is 18.3. The molecule has 0 atom stereocenters. The number of anilines is 1. The summed E-state index contributed by atoms with van der Waals surface area (Å²) in [5.41, 5.74) is 5.35. The molecule has 7 nitrogen and oxygen atoms in total. The molecule has 0 bridgehead atoms. The fraction of sp³-hybridized carbons (Fsp3) is 0.160. The molecule has 170 valence electrons. The van der Waals surface area contributed by atoms with Crippen LogP contribution in [0.2, 0.25) is 0 Å². The van der Waals surface area contributed by atoms with Gasteiger partial charge in [-0.05, 0) is 47.9 Å². The number of nitrogens with zero attached hydrogens (tertiary/aromatic N) is 1. The maximum atomic E-state index is 12.2. The lowest BCUT2D eigenvalue weighted by Crippen LogP contribution is -2.32. The first kappa shape index (κ1) is 24.0. The van der Waals surface area contributed by atoms with Crippen molar-refractivity contribution in [3.63, 3.8) is 0 Å². The molecule has 8 heteroatoms. The third-order valence-electron chi connectivity index (χ3n) is 4.75. The summed E-state index contributed by atoms with van der Waals surface area (Å²) in [6.07, 6.45) is 2.14. The van der Waals surface area contributed by atoms with Crippen LogP contribution in [0.5, 0.6) is 11.5 Å². The fourth-order valence-corrected chi connectivity index (χ4v) is 3.29. The number of para-hydroxylation sites is 2. The molecular formula is C25H24BrN3O4. The lowest BCUT2D eigenvalue weighted by atomic mass is 10.1.